The number of rotatable bonds is 9. The predicted molar refractivity (Wildman–Crippen MR) is 130 cm³/mol. The Morgan fingerprint density at radius 2 is 1.70 bits per heavy atom. The van der Waals surface area contributed by atoms with E-state index in [1.54, 1.807) is 37.4 Å². The quantitative estimate of drug-likeness (QED) is 0.439. The first-order chi connectivity index (χ1) is 15.7. The van der Waals surface area contributed by atoms with Crippen molar-refractivity contribution in [3.05, 3.63) is 94.0 Å². The van der Waals surface area contributed by atoms with Crippen LogP contribution in [-0.4, -0.2) is 32.3 Å². The third-order valence-corrected chi connectivity index (χ3v) is 7.30. The molecule has 3 aromatic carbocycles. The summed E-state index contributed by atoms with van der Waals surface area (Å²) in [5, 5.41) is 3.75. The largest absolute Gasteiger partial charge is 0.496 e. The van der Waals surface area contributed by atoms with Gasteiger partial charge in [0.2, 0.25) is 15.9 Å². The van der Waals surface area contributed by atoms with E-state index < -0.39 is 15.9 Å². The topological polar surface area (TPSA) is 75.7 Å². The van der Waals surface area contributed by atoms with Crippen LogP contribution in [0.3, 0.4) is 0 Å². The summed E-state index contributed by atoms with van der Waals surface area (Å²) in [6, 6.07) is 19.6. The van der Waals surface area contributed by atoms with E-state index in [-0.39, 0.29) is 24.0 Å². The number of hydrogen-bond donors (Lipinski definition) is 1. The lowest BCUT2D eigenvalue weighted by Gasteiger charge is -2.24. The van der Waals surface area contributed by atoms with Gasteiger partial charge in [-0.1, -0.05) is 53.5 Å². The van der Waals surface area contributed by atoms with E-state index in [1.165, 1.54) is 24.3 Å². The second-order valence-electron chi connectivity index (χ2n) is 7.39. The third-order valence-electron chi connectivity index (χ3n) is 5.00. The van der Waals surface area contributed by atoms with Crippen molar-refractivity contribution in [2.24, 2.45) is 0 Å². The Morgan fingerprint density at radius 1 is 1.00 bits per heavy atom. The van der Waals surface area contributed by atoms with Gasteiger partial charge < -0.3 is 10.1 Å². The van der Waals surface area contributed by atoms with Crippen LogP contribution in [0.25, 0.3) is 0 Å². The van der Waals surface area contributed by atoms with Gasteiger partial charge in [-0.3, -0.25) is 4.79 Å². The number of carbonyl (C=O) groups is 1. The summed E-state index contributed by atoms with van der Waals surface area (Å²) in [6.07, 6.45) is 0. The van der Waals surface area contributed by atoms with E-state index in [9.17, 15) is 13.2 Å². The van der Waals surface area contributed by atoms with Crippen LogP contribution in [0.5, 0.6) is 5.75 Å². The van der Waals surface area contributed by atoms with Crippen LogP contribution < -0.4 is 10.1 Å². The average Bonchev–Trinajstić information content (AvgIpc) is 2.79. The Balaban J connectivity index is 1.85. The molecule has 3 aromatic rings. The molecule has 0 saturated heterocycles. The predicted octanol–water partition coefficient (Wildman–Crippen LogP) is 5.07. The van der Waals surface area contributed by atoms with Crippen molar-refractivity contribution in [1.82, 2.24) is 9.62 Å². The number of ether oxygens (including phenoxy) is 1. The Labute approximate surface area is 204 Å². The molecule has 0 aliphatic rings. The molecule has 0 bridgehead atoms. The monoisotopic (exact) mass is 506 g/mol. The van der Waals surface area contributed by atoms with Crippen molar-refractivity contribution in [2.45, 2.75) is 24.4 Å². The Bertz CT molecular complexity index is 1220. The smallest absolute Gasteiger partial charge is 0.243 e. The minimum Gasteiger partial charge on any atom is -0.496 e. The highest BCUT2D eigenvalue weighted by Crippen LogP contribution is 2.25. The minimum absolute atomic E-state index is 0.0258. The number of hydrogen-bond acceptors (Lipinski definition) is 4. The average molecular weight is 507 g/mol. The maximum Gasteiger partial charge on any atom is 0.243 e. The van der Waals surface area contributed by atoms with Gasteiger partial charge in [0.1, 0.15) is 5.75 Å². The number of nitrogens with zero attached hydrogens (tertiary/aromatic N) is 1. The van der Waals surface area contributed by atoms with Gasteiger partial charge in [0.25, 0.3) is 0 Å². The van der Waals surface area contributed by atoms with E-state index in [0.717, 1.165) is 9.87 Å². The molecule has 0 radical (unpaired) electrons. The van der Waals surface area contributed by atoms with E-state index in [0.29, 0.717) is 21.4 Å². The van der Waals surface area contributed by atoms with E-state index in [2.05, 4.69) is 5.32 Å². The molecule has 1 atom stereocenters. The van der Waals surface area contributed by atoms with Gasteiger partial charge in [-0.25, -0.2) is 8.42 Å². The summed E-state index contributed by atoms with van der Waals surface area (Å²) in [6.45, 7) is 1.41. The summed E-state index contributed by atoms with van der Waals surface area (Å²) in [5.74, 6) is 0.183. The molecule has 0 aliphatic heterocycles. The fourth-order valence-corrected chi connectivity index (χ4v) is 5.09. The number of benzene rings is 3. The number of amides is 1. The Kier molecular flexibility index (Phi) is 8.37. The second-order valence-corrected chi connectivity index (χ2v) is 10.2. The lowest BCUT2D eigenvalue weighted by Crippen LogP contribution is -2.41. The minimum atomic E-state index is -3.99. The van der Waals surface area contributed by atoms with Crippen LogP contribution in [0.1, 0.15) is 24.1 Å². The zero-order valence-corrected chi connectivity index (χ0v) is 20.5. The molecule has 0 aromatic heterocycles. The van der Waals surface area contributed by atoms with Crippen molar-refractivity contribution < 1.29 is 17.9 Å². The molecule has 0 heterocycles. The first kappa shape index (κ1) is 25.1. The van der Waals surface area contributed by atoms with Crippen molar-refractivity contribution >= 4 is 39.1 Å². The maximum atomic E-state index is 13.4. The fraction of sp³-hybridized carbons (Fsp3) is 0.208. The standard InChI is InChI=1S/C24H24Cl2N2O4S/c1-17(22-8-3-4-9-23(22)32-2)27-24(29)16-28(15-18-6-5-7-20(26)14-18)33(30,31)21-12-10-19(25)11-13-21/h3-14,17H,15-16H2,1-2H3,(H,27,29). The molecule has 0 saturated carbocycles. The maximum absolute atomic E-state index is 13.4. The Morgan fingerprint density at radius 3 is 2.36 bits per heavy atom. The number of methoxy groups -OCH3 is 1. The van der Waals surface area contributed by atoms with E-state index in [1.807, 2.05) is 25.1 Å². The van der Waals surface area contributed by atoms with Gasteiger partial charge in [-0.05, 0) is 55.0 Å². The van der Waals surface area contributed by atoms with Gasteiger partial charge in [0.15, 0.2) is 0 Å². The van der Waals surface area contributed by atoms with Crippen LogP contribution in [-0.2, 0) is 21.4 Å². The number of carbonyl (C=O) groups excluding carboxylic acids is 1. The van der Waals surface area contributed by atoms with Crippen LogP contribution in [0, 0.1) is 0 Å². The highest BCUT2D eigenvalue weighted by molar-refractivity contribution is 7.89. The molecule has 33 heavy (non-hydrogen) atoms. The van der Waals surface area contributed by atoms with Crippen LogP contribution in [0.4, 0.5) is 0 Å². The molecule has 3 rings (SSSR count). The molecule has 0 fully saturated rings. The van der Waals surface area contributed by atoms with Crippen LogP contribution in [0.15, 0.2) is 77.7 Å². The van der Waals surface area contributed by atoms with Gasteiger partial charge >= 0.3 is 0 Å². The van der Waals surface area contributed by atoms with Gasteiger partial charge in [0, 0.05) is 22.2 Å². The summed E-state index contributed by atoms with van der Waals surface area (Å²) in [4.78, 5) is 13.0. The summed E-state index contributed by atoms with van der Waals surface area (Å²) < 4.78 is 33.2. The number of nitrogens with one attached hydrogen (secondary N) is 1. The summed E-state index contributed by atoms with van der Waals surface area (Å²) >= 11 is 12.0. The van der Waals surface area contributed by atoms with Gasteiger partial charge in [-0.15, -0.1) is 0 Å². The van der Waals surface area contributed by atoms with E-state index >= 15 is 0 Å². The number of halogens is 2. The molecular weight excluding hydrogens is 483 g/mol. The highest BCUT2D eigenvalue weighted by Gasteiger charge is 2.28. The lowest BCUT2D eigenvalue weighted by molar-refractivity contribution is -0.122. The Hall–Kier alpha value is -2.58. The number of sulfonamides is 1. The molecular formula is C24H24Cl2N2O4S. The van der Waals surface area contributed by atoms with Gasteiger partial charge in [0.05, 0.1) is 24.6 Å². The van der Waals surface area contributed by atoms with Gasteiger partial charge in [-0.2, -0.15) is 4.31 Å². The normalized spacial score (nSPS) is 12.4. The summed E-state index contributed by atoms with van der Waals surface area (Å²) in [5.41, 5.74) is 1.45. The van der Waals surface area contributed by atoms with Crippen molar-refractivity contribution in [3.63, 3.8) is 0 Å². The van der Waals surface area contributed by atoms with Crippen LogP contribution >= 0.6 is 23.2 Å². The third kappa shape index (κ3) is 6.48. The fourth-order valence-electron chi connectivity index (χ4n) is 3.37. The van der Waals surface area contributed by atoms with E-state index in [4.69, 9.17) is 27.9 Å². The zero-order chi connectivity index (χ0) is 24.0. The SMILES string of the molecule is COc1ccccc1C(C)NC(=O)CN(Cc1cccc(Cl)c1)S(=O)(=O)c1ccc(Cl)cc1. The highest BCUT2D eigenvalue weighted by atomic mass is 35.5. The molecule has 0 spiro atoms. The molecule has 9 heteroatoms. The van der Waals surface area contributed by atoms with Crippen molar-refractivity contribution in [2.75, 3.05) is 13.7 Å². The molecule has 0 aliphatic carbocycles. The molecule has 1 unspecified atom stereocenters. The van der Waals surface area contributed by atoms with Crippen LogP contribution in [0.2, 0.25) is 10.0 Å². The molecule has 174 valence electrons. The molecule has 6 nitrogen and oxygen atoms in total. The zero-order valence-electron chi connectivity index (χ0n) is 18.2. The first-order valence-corrected chi connectivity index (χ1v) is 12.3. The summed E-state index contributed by atoms with van der Waals surface area (Å²) in [7, 11) is -2.44. The molecule has 1 N–H and O–H groups in total. The van der Waals surface area contributed by atoms with Crippen molar-refractivity contribution in [3.8, 4) is 5.75 Å². The number of para-hydroxylation sites is 1. The second kappa shape index (κ2) is 11.0. The lowest BCUT2D eigenvalue weighted by atomic mass is 10.1. The van der Waals surface area contributed by atoms with Crippen molar-refractivity contribution in [1.29, 1.82) is 0 Å². The first-order valence-electron chi connectivity index (χ1n) is 10.1. The molecule has 1 amide bonds.